The molecule has 0 bridgehead atoms. The topological polar surface area (TPSA) is 130 Å². The number of halogens is 2. The summed E-state index contributed by atoms with van der Waals surface area (Å²) in [5.74, 6) is -0.615. The van der Waals surface area contributed by atoms with Crippen molar-refractivity contribution in [3.05, 3.63) is 86.3 Å². The number of sulfonamides is 1. The van der Waals surface area contributed by atoms with Crippen LogP contribution in [-0.2, 0) is 21.2 Å². The number of aryl methyl sites for hydroxylation is 1. The molecule has 0 aliphatic carbocycles. The fourth-order valence-electron chi connectivity index (χ4n) is 3.35. The molecule has 186 valence electrons. The Hall–Kier alpha value is -2.76. The maximum Gasteiger partial charge on any atom is 0.287 e. The van der Waals surface area contributed by atoms with E-state index in [2.05, 4.69) is 15.1 Å². The Morgan fingerprint density at radius 2 is 1.86 bits per heavy atom. The molecular formula is C23H24Cl2N4O5S. The van der Waals surface area contributed by atoms with Gasteiger partial charge in [-0.1, -0.05) is 59.6 Å². The lowest BCUT2D eigenvalue weighted by Crippen LogP contribution is -2.39. The quantitative estimate of drug-likeness (QED) is 0.384. The lowest BCUT2D eigenvalue weighted by molar-refractivity contribution is -0.119. The molecule has 0 aliphatic heterocycles. The molecule has 0 aliphatic rings. The lowest BCUT2D eigenvalue weighted by atomic mass is 10.1. The first-order valence-corrected chi connectivity index (χ1v) is 12.8. The molecule has 3 N–H and O–H groups in total. The highest BCUT2D eigenvalue weighted by Crippen LogP contribution is 2.22. The van der Waals surface area contributed by atoms with E-state index in [0.717, 1.165) is 16.4 Å². The van der Waals surface area contributed by atoms with Gasteiger partial charge in [-0.25, -0.2) is 17.8 Å². The van der Waals surface area contributed by atoms with Crippen molar-refractivity contribution in [2.24, 2.45) is 0 Å². The molecule has 1 heterocycles. The molecule has 0 radical (unpaired) electrons. The van der Waals surface area contributed by atoms with Crippen molar-refractivity contribution in [1.82, 2.24) is 14.5 Å². The Morgan fingerprint density at radius 1 is 1.17 bits per heavy atom. The van der Waals surface area contributed by atoms with Crippen molar-refractivity contribution in [3.8, 4) is 0 Å². The third-order valence-corrected chi connectivity index (χ3v) is 7.67. The third-order valence-electron chi connectivity index (χ3n) is 5.26. The Balaban J connectivity index is 1.80. The number of hydrogen-bond acceptors (Lipinski definition) is 6. The first kappa shape index (κ1) is 26.8. The zero-order valence-electron chi connectivity index (χ0n) is 18.9. The summed E-state index contributed by atoms with van der Waals surface area (Å²) in [6.07, 6.45) is 1.46. The number of aliphatic hydroxyl groups is 1. The second-order valence-corrected chi connectivity index (χ2v) is 10.4. The molecule has 35 heavy (non-hydrogen) atoms. The second-order valence-electron chi connectivity index (χ2n) is 7.89. The van der Waals surface area contributed by atoms with Crippen LogP contribution in [0.25, 0.3) is 0 Å². The molecule has 1 unspecified atom stereocenters. The minimum Gasteiger partial charge on any atom is -0.395 e. The highest BCUT2D eigenvalue weighted by Gasteiger charge is 2.24. The SMILES string of the molecule is Cc1ccc(NC(=O)C(C)n2ncc(Cl)c(Cl)c2=O)cc1S(=O)(=O)N[C@@H](CO)Cc1ccccc1. The molecular weight excluding hydrogens is 515 g/mol. The molecule has 2 aromatic carbocycles. The van der Waals surface area contributed by atoms with Crippen LogP contribution in [0.5, 0.6) is 0 Å². The second kappa shape index (κ2) is 11.3. The number of anilines is 1. The summed E-state index contributed by atoms with van der Waals surface area (Å²) in [6.45, 7) is 2.66. The lowest BCUT2D eigenvalue weighted by Gasteiger charge is -2.19. The Labute approximate surface area is 212 Å². The molecule has 0 fully saturated rings. The van der Waals surface area contributed by atoms with Gasteiger partial charge in [0, 0.05) is 11.7 Å². The zero-order chi connectivity index (χ0) is 25.8. The fourth-order valence-corrected chi connectivity index (χ4v) is 5.11. The van der Waals surface area contributed by atoms with Gasteiger partial charge in [0.2, 0.25) is 15.9 Å². The molecule has 0 spiro atoms. The van der Waals surface area contributed by atoms with Crippen LogP contribution in [-0.4, -0.2) is 41.9 Å². The van der Waals surface area contributed by atoms with Gasteiger partial charge in [0.1, 0.15) is 11.1 Å². The molecule has 0 saturated carbocycles. The van der Waals surface area contributed by atoms with E-state index in [0.29, 0.717) is 12.0 Å². The number of aliphatic hydroxyl groups excluding tert-OH is 1. The minimum atomic E-state index is -4.03. The fraction of sp³-hybridized carbons (Fsp3) is 0.261. The summed E-state index contributed by atoms with van der Waals surface area (Å²) in [7, 11) is -4.03. The number of hydrogen-bond donors (Lipinski definition) is 3. The van der Waals surface area contributed by atoms with Crippen LogP contribution >= 0.6 is 23.2 Å². The van der Waals surface area contributed by atoms with Crippen LogP contribution in [0.3, 0.4) is 0 Å². The van der Waals surface area contributed by atoms with E-state index in [1.54, 1.807) is 13.0 Å². The van der Waals surface area contributed by atoms with Crippen molar-refractivity contribution in [3.63, 3.8) is 0 Å². The van der Waals surface area contributed by atoms with Gasteiger partial charge in [0.05, 0.1) is 22.7 Å². The molecule has 9 nitrogen and oxygen atoms in total. The van der Waals surface area contributed by atoms with Crippen molar-refractivity contribution >= 4 is 44.8 Å². The largest absolute Gasteiger partial charge is 0.395 e. The van der Waals surface area contributed by atoms with Crippen LogP contribution in [0, 0.1) is 6.92 Å². The van der Waals surface area contributed by atoms with Crippen LogP contribution in [0.4, 0.5) is 5.69 Å². The molecule has 12 heteroatoms. The Kier molecular flexibility index (Phi) is 8.68. The van der Waals surface area contributed by atoms with Crippen LogP contribution in [0.1, 0.15) is 24.1 Å². The van der Waals surface area contributed by atoms with Gasteiger partial charge in [0.15, 0.2) is 0 Å². The standard InChI is InChI=1S/C23H24Cl2N4O5S/c1-14-8-9-17(27-22(31)15(2)29-23(32)21(25)19(24)12-26-29)11-20(14)35(33,34)28-18(13-30)10-16-6-4-3-5-7-16/h3-9,11-12,15,18,28,30H,10,13H2,1-2H3,(H,27,31)/t15?,18-/m1/s1. The van der Waals surface area contributed by atoms with Gasteiger partial charge in [0.25, 0.3) is 5.56 Å². The third kappa shape index (κ3) is 6.47. The summed E-state index contributed by atoms with van der Waals surface area (Å²) in [5, 5.41) is 15.9. The predicted molar refractivity (Wildman–Crippen MR) is 134 cm³/mol. The van der Waals surface area contributed by atoms with E-state index in [1.807, 2.05) is 30.3 Å². The highest BCUT2D eigenvalue weighted by molar-refractivity contribution is 7.89. The van der Waals surface area contributed by atoms with Gasteiger partial charge in [-0.3, -0.25) is 9.59 Å². The average molecular weight is 539 g/mol. The van der Waals surface area contributed by atoms with Crippen molar-refractivity contribution < 1.29 is 18.3 Å². The van der Waals surface area contributed by atoms with Gasteiger partial charge in [-0.2, -0.15) is 5.10 Å². The number of carbonyl (C=O) groups is 1. The van der Waals surface area contributed by atoms with E-state index in [1.165, 1.54) is 19.1 Å². The Bertz CT molecular complexity index is 1380. The van der Waals surface area contributed by atoms with Gasteiger partial charge in [-0.15, -0.1) is 0 Å². The number of carbonyl (C=O) groups excluding carboxylic acids is 1. The number of rotatable bonds is 9. The van der Waals surface area contributed by atoms with Crippen molar-refractivity contribution in [2.75, 3.05) is 11.9 Å². The van der Waals surface area contributed by atoms with E-state index in [9.17, 15) is 23.1 Å². The van der Waals surface area contributed by atoms with Crippen LogP contribution < -0.4 is 15.6 Å². The van der Waals surface area contributed by atoms with Crippen molar-refractivity contribution in [2.45, 2.75) is 37.2 Å². The van der Waals surface area contributed by atoms with Gasteiger partial charge < -0.3 is 10.4 Å². The van der Waals surface area contributed by atoms with E-state index >= 15 is 0 Å². The summed E-state index contributed by atoms with van der Waals surface area (Å²) >= 11 is 11.6. The summed E-state index contributed by atoms with van der Waals surface area (Å²) in [4.78, 5) is 25.0. The zero-order valence-corrected chi connectivity index (χ0v) is 21.2. The monoisotopic (exact) mass is 538 g/mol. The average Bonchev–Trinajstić information content (AvgIpc) is 2.83. The molecule has 0 saturated heterocycles. The van der Waals surface area contributed by atoms with Gasteiger partial charge >= 0.3 is 0 Å². The van der Waals surface area contributed by atoms with Crippen LogP contribution in [0.2, 0.25) is 10.0 Å². The number of benzene rings is 2. The maximum atomic E-state index is 13.1. The smallest absolute Gasteiger partial charge is 0.287 e. The molecule has 1 aromatic heterocycles. The van der Waals surface area contributed by atoms with E-state index in [-0.39, 0.29) is 20.6 Å². The molecule has 1 amide bonds. The molecule has 3 aromatic rings. The summed E-state index contributed by atoms with van der Waals surface area (Å²) in [6, 6.07) is 11.8. The van der Waals surface area contributed by atoms with Crippen LogP contribution in [0.15, 0.2) is 64.4 Å². The van der Waals surface area contributed by atoms with E-state index in [4.69, 9.17) is 23.2 Å². The normalized spacial score (nSPS) is 13.3. The Morgan fingerprint density at radius 3 is 2.51 bits per heavy atom. The summed E-state index contributed by atoms with van der Waals surface area (Å²) in [5.41, 5.74) is 0.783. The predicted octanol–water partition coefficient (Wildman–Crippen LogP) is 2.94. The highest BCUT2D eigenvalue weighted by atomic mass is 35.5. The van der Waals surface area contributed by atoms with E-state index < -0.39 is 40.2 Å². The van der Waals surface area contributed by atoms with Gasteiger partial charge in [-0.05, 0) is 43.5 Å². The first-order valence-electron chi connectivity index (χ1n) is 10.5. The van der Waals surface area contributed by atoms with Crippen molar-refractivity contribution in [1.29, 1.82) is 0 Å². The number of nitrogens with zero attached hydrogens (tertiary/aromatic N) is 2. The molecule has 3 rings (SSSR count). The summed E-state index contributed by atoms with van der Waals surface area (Å²) < 4.78 is 29.6. The number of nitrogens with one attached hydrogen (secondary N) is 2. The number of amides is 1. The number of aromatic nitrogens is 2. The first-order chi connectivity index (χ1) is 16.5. The minimum absolute atomic E-state index is 0.0325. The maximum absolute atomic E-state index is 13.1. The molecule has 2 atom stereocenters.